The molecule has 0 bridgehead atoms. The molecule has 0 aliphatic heterocycles. The first kappa shape index (κ1) is 14.9. The highest BCUT2D eigenvalue weighted by molar-refractivity contribution is 7.92. The molecule has 102 valence electrons. The van der Waals surface area contributed by atoms with Crippen molar-refractivity contribution in [2.75, 3.05) is 18.8 Å². The van der Waals surface area contributed by atoms with Gasteiger partial charge in [0.05, 0.1) is 17.1 Å². The summed E-state index contributed by atoms with van der Waals surface area (Å²) in [6, 6.07) is 0. The Bertz CT molecular complexity index is 314. The van der Waals surface area contributed by atoms with Gasteiger partial charge in [0.1, 0.15) is 0 Å². The summed E-state index contributed by atoms with van der Waals surface area (Å²) in [5.41, 5.74) is 0. The predicted octanol–water partition coefficient (Wildman–Crippen LogP) is 0.950. The summed E-state index contributed by atoms with van der Waals surface area (Å²) in [6.07, 6.45) is 3.83. The van der Waals surface area contributed by atoms with Crippen LogP contribution in [0.2, 0.25) is 0 Å². The second-order valence-corrected chi connectivity index (χ2v) is 7.98. The molecule has 0 radical (unpaired) electrons. The minimum Gasteiger partial charge on any atom is -0.393 e. The molecule has 0 aromatic carbocycles. The fraction of sp³-hybridized carbons (Fsp3) is 1.00. The quantitative estimate of drug-likeness (QED) is 0.700. The zero-order valence-corrected chi connectivity index (χ0v) is 11.7. The first-order valence-electron chi connectivity index (χ1n) is 6.52. The molecule has 1 aliphatic rings. The predicted molar refractivity (Wildman–Crippen MR) is 69.8 cm³/mol. The monoisotopic (exact) mass is 263 g/mol. The molecule has 2 unspecified atom stereocenters. The highest BCUT2D eigenvalue weighted by atomic mass is 32.2. The van der Waals surface area contributed by atoms with Crippen LogP contribution in [0.25, 0.3) is 0 Å². The second kappa shape index (κ2) is 6.71. The largest absolute Gasteiger partial charge is 0.393 e. The number of aliphatic hydroxyl groups excluding tert-OH is 1. The summed E-state index contributed by atoms with van der Waals surface area (Å²) in [5.74, 6) is 0.709. The Kier molecular flexibility index (Phi) is 5.89. The minimum absolute atomic E-state index is 0.157. The van der Waals surface area contributed by atoms with Crippen molar-refractivity contribution < 1.29 is 13.5 Å². The molecule has 0 aromatic heterocycles. The molecule has 4 nitrogen and oxygen atoms in total. The standard InChI is InChI=1S/C12H25NO3S/c1-10(2)17(15,16)7-6-13-9-11-4-3-5-12(14)8-11/h10-14H,3-9H2,1-2H3. The average Bonchev–Trinajstić information content (AvgIpc) is 2.24. The molecule has 1 fully saturated rings. The van der Waals surface area contributed by atoms with Crippen molar-refractivity contribution in [3.05, 3.63) is 0 Å². The first-order chi connectivity index (χ1) is 7.92. The summed E-state index contributed by atoms with van der Waals surface area (Å²) in [6.45, 7) is 4.78. The number of aliphatic hydroxyl groups is 1. The number of hydrogen-bond acceptors (Lipinski definition) is 4. The van der Waals surface area contributed by atoms with E-state index in [-0.39, 0.29) is 17.1 Å². The van der Waals surface area contributed by atoms with Gasteiger partial charge in [0.25, 0.3) is 0 Å². The molecule has 17 heavy (non-hydrogen) atoms. The highest BCUT2D eigenvalue weighted by Crippen LogP contribution is 2.23. The highest BCUT2D eigenvalue weighted by Gasteiger charge is 2.20. The second-order valence-electron chi connectivity index (χ2n) is 5.31. The zero-order chi connectivity index (χ0) is 12.9. The van der Waals surface area contributed by atoms with Crippen LogP contribution in [0.1, 0.15) is 39.5 Å². The Labute approximate surface area is 105 Å². The van der Waals surface area contributed by atoms with E-state index in [2.05, 4.69) is 5.32 Å². The van der Waals surface area contributed by atoms with E-state index in [0.29, 0.717) is 12.5 Å². The molecule has 5 heteroatoms. The molecule has 0 aromatic rings. The van der Waals surface area contributed by atoms with E-state index in [1.54, 1.807) is 13.8 Å². The lowest BCUT2D eigenvalue weighted by Crippen LogP contribution is -2.33. The Morgan fingerprint density at radius 1 is 1.35 bits per heavy atom. The maximum atomic E-state index is 11.6. The van der Waals surface area contributed by atoms with Crippen LogP contribution < -0.4 is 5.32 Å². The fourth-order valence-corrected chi connectivity index (χ4v) is 3.10. The van der Waals surface area contributed by atoms with Gasteiger partial charge in [-0.3, -0.25) is 0 Å². The molecule has 2 atom stereocenters. The van der Waals surface area contributed by atoms with Gasteiger partial charge in [0.15, 0.2) is 9.84 Å². The van der Waals surface area contributed by atoms with Gasteiger partial charge in [0, 0.05) is 6.54 Å². The lowest BCUT2D eigenvalue weighted by molar-refractivity contribution is 0.101. The van der Waals surface area contributed by atoms with E-state index < -0.39 is 9.84 Å². The third-order valence-electron chi connectivity index (χ3n) is 3.47. The van der Waals surface area contributed by atoms with E-state index in [0.717, 1.165) is 32.2 Å². The van der Waals surface area contributed by atoms with Crippen LogP contribution >= 0.6 is 0 Å². The van der Waals surface area contributed by atoms with E-state index in [4.69, 9.17) is 0 Å². The molecule has 1 saturated carbocycles. The Balaban J connectivity index is 2.16. The van der Waals surface area contributed by atoms with Gasteiger partial charge in [-0.1, -0.05) is 6.42 Å². The van der Waals surface area contributed by atoms with Crippen molar-refractivity contribution in [1.29, 1.82) is 0 Å². The van der Waals surface area contributed by atoms with Gasteiger partial charge in [-0.15, -0.1) is 0 Å². The maximum absolute atomic E-state index is 11.6. The van der Waals surface area contributed by atoms with Gasteiger partial charge in [-0.2, -0.15) is 0 Å². The van der Waals surface area contributed by atoms with E-state index >= 15 is 0 Å². The van der Waals surface area contributed by atoms with E-state index in [9.17, 15) is 13.5 Å². The molecule has 0 heterocycles. The molecular formula is C12H25NO3S. The van der Waals surface area contributed by atoms with Crippen LogP contribution in [0, 0.1) is 5.92 Å². The molecule has 0 amide bonds. The van der Waals surface area contributed by atoms with Crippen molar-refractivity contribution in [3.8, 4) is 0 Å². The van der Waals surface area contributed by atoms with Crippen LogP contribution in [0.4, 0.5) is 0 Å². The van der Waals surface area contributed by atoms with Gasteiger partial charge < -0.3 is 10.4 Å². The van der Waals surface area contributed by atoms with E-state index in [1.807, 2.05) is 0 Å². The molecule has 0 spiro atoms. The minimum atomic E-state index is -2.92. The van der Waals surface area contributed by atoms with Crippen molar-refractivity contribution >= 4 is 9.84 Å². The first-order valence-corrected chi connectivity index (χ1v) is 8.23. The summed E-state index contributed by atoms with van der Waals surface area (Å²) in [5, 5.41) is 12.4. The SMILES string of the molecule is CC(C)S(=O)(=O)CCNCC1CCCC(O)C1. The number of rotatable bonds is 6. The lowest BCUT2D eigenvalue weighted by atomic mass is 9.87. The van der Waals surface area contributed by atoms with Crippen LogP contribution in [0.5, 0.6) is 0 Å². The van der Waals surface area contributed by atoms with Crippen LogP contribution in [-0.4, -0.2) is 43.7 Å². The molecule has 1 aliphatic carbocycles. The third kappa shape index (κ3) is 5.36. The molecular weight excluding hydrogens is 238 g/mol. The zero-order valence-electron chi connectivity index (χ0n) is 10.9. The number of nitrogens with one attached hydrogen (secondary N) is 1. The fourth-order valence-electron chi connectivity index (χ4n) is 2.20. The summed E-state index contributed by atoms with van der Waals surface area (Å²) < 4.78 is 23.1. The van der Waals surface area contributed by atoms with Crippen molar-refractivity contribution in [1.82, 2.24) is 5.32 Å². The van der Waals surface area contributed by atoms with Gasteiger partial charge in [0.2, 0.25) is 0 Å². The Morgan fingerprint density at radius 3 is 2.65 bits per heavy atom. The maximum Gasteiger partial charge on any atom is 0.153 e. The number of hydrogen-bond donors (Lipinski definition) is 2. The van der Waals surface area contributed by atoms with Gasteiger partial charge in [-0.05, 0) is 45.6 Å². The Hall–Kier alpha value is -0.130. The normalized spacial score (nSPS) is 26.4. The van der Waals surface area contributed by atoms with E-state index in [1.165, 1.54) is 0 Å². The Morgan fingerprint density at radius 2 is 2.06 bits per heavy atom. The summed E-state index contributed by atoms with van der Waals surface area (Å²) in [7, 11) is -2.92. The topological polar surface area (TPSA) is 66.4 Å². The third-order valence-corrected chi connectivity index (χ3v) is 5.68. The van der Waals surface area contributed by atoms with Gasteiger partial charge in [-0.25, -0.2) is 8.42 Å². The molecule has 2 N–H and O–H groups in total. The average molecular weight is 263 g/mol. The molecule has 1 rings (SSSR count). The van der Waals surface area contributed by atoms with Crippen LogP contribution in [0.15, 0.2) is 0 Å². The summed E-state index contributed by atoms with van der Waals surface area (Å²) >= 11 is 0. The van der Waals surface area contributed by atoms with Crippen LogP contribution in [0.3, 0.4) is 0 Å². The van der Waals surface area contributed by atoms with Crippen molar-refractivity contribution in [3.63, 3.8) is 0 Å². The number of sulfone groups is 1. The summed E-state index contributed by atoms with van der Waals surface area (Å²) in [4.78, 5) is 0. The smallest absolute Gasteiger partial charge is 0.153 e. The van der Waals surface area contributed by atoms with Gasteiger partial charge >= 0.3 is 0 Å². The van der Waals surface area contributed by atoms with Crippen molar-refractivity contribution in [2.24, 2.45) is 5.92 Å². The molecule has 0 saturated heterocycles. The van der Waals surface area contributed by atoms with Crippen molar-refractivity contribution in [2.45, 2.75) is 50.9 Å². The van der Waals surface area contributed by atoms with Crippen LogP contribution in [-0.2, 0) is 9.84 Å². The lowest BCUT2D eigenvalue weighted by Gasteiger charge is -2.26.